The normalized spacial score (nSPS) is 28.6. The predicted octanol–water partition coefficient (Wildman–Crippen LogP) is 6.31. The van der Waals surface area contributed by atoms with Crippen LogP contribution in [0.3, 0.4) is 0 Å². The summed E-state index contributed by atoms with van der Waals surface area (Å²) in [5.74, 6) is 4.51. The number of carbonyl (C=O) groups is 1. The smallest absolute Gasteiger partial charge is 0.203 e. The van der Waals surface area contributed by atoms with Crippen LogP contribution in [0.25, 0.3) is 6.08 Å². The van der Waals surface area contributed by atoms with Gasteiger partial charge in [0.2, 0.25) is 5.75 Å². The van der Waals surface area contributed by atoms with E-state index in [1.165, 1.54) is 37.1 Å². The molecule has 2 aromatic carbocycles. The lowest BCUT2D eigenvalue weighted by Gasteiger charge is -2.48. The van der Waals surface area contributed by atoms with Gasteiger partial charge >= 0.3 is 0 Å². The number of likely N-dealkylation sites (tertiary alicyclic amines) is 1. The molecule has 0 radical (unpaired) electrons. The number of ketones is 1. The number of benzene rings is 2. The Bertz CT molecular complexity index is 1270. The number of methoxy groups -OCH3 is 3. The summed E-state index contributed by atoms with van der Waals surface area (Å²) < 4.78 is 22.8. The van der Waals surface area contributed by atoms with Crippen LogP contribution in [0.2, 0.25) is 0 Å². The summed E-state index contributed by atoms with van der Waals surface area (Å²) >= 11 is 0. The fourth-order valence-electron chi connectivity index (χ4n) is 8.13. The fraction of sp³-hybridized carbons (Fsp3) is 0.559. The highest BCUT2D eigenvalue weighted by Crippen LogP contribution is 2.61. The molecule has 6 rings (SSSR count). The molecule has 0 N–H and O–H groups in total. The number of Topliss-reactive ketones (excluding diaryl/α,β-unsaturated/α-hetero) is 1. The molecule has 4 atom stereocenters. The molecule has 6 heteroatoms. The second-order valence-corrected chi connectivity index (χ2v) is 12.3. The van der Waals surface area contributed by atoms with Crippen molar-refractivity contribution >= 4 is 11.9 Å². The summed E-state index contributed by atoms with van der Waals surface area (Å²) in [4.78, 5) is 16.4. The number of allylic oxidation sites excluding steroid dienone is 1. The number of aryl methyl sites for hydroxylation is 1. The van der Waals surface area contributed by atoms with E-state index in [9.17, 15) is 4.79 Å². The van der Waals surface area contributed by atoms with Crippen LogP contribution < -0.4 is 18.9 Å². The third-order valence-electron chi connectivity index (χ3n) is 10.2. The lowest BCUT2D eigenvalue weighted by atomic mass is 9.55. The predicted molar refractivity (Wildman–Crippen MR) is 157 cm³/mol. The summed E-state index contributed by atoms with van der Waals surface area (Å²) in [5, 5.41) is 0. The molecule has 2 saturated carbocycles. The number of hydrogen-bond donors (Lipinski definition) is 0. The molecule has 1 aliphatic heterocycles. The van der Waals surface area contributed by atoms with Crippen molar-refractivity contribution in [3.63, 3.8) is 0 Å². The Morgan fingerprint density at radius 2 is 1.75 bits per heavy atom. The Balaban J connectivity index is 1.20. The number of nitrogens with zero attached hydrogens (tertiary/aromatic N) is 1. The van der Waals surface area contributed by atoms with Gasteiger partial charge in [0, 0.05) is 12.0 Å². The van der Waals surface area contributed by atoms with Gasteiger partial charge < -0.3 is 18.9 Å². The molecule has 1 saturated heterocycles. The van der Waals surface area contributed by atoms with Crippen molar-refractivity contribution in [3.8, 4) is 23.0 Å². The summed E-state index contributed by atoms with van der Waals surface area (Å²) in [7, 11) is 4.84. The molecule has 0 aromatic heterocycles. The average molecular weight is 546 g/mol. The van der Waals surface area contributed by atoms with E-state index < -0.39 is 0 Å². The largest absolute Gasteiger partial charge is 0.493 e. The van der Waals surface area contributed by atoms with Gasteiger partial charge in [0.25, 0.3) is 0 Å². The van der Waals surface area contributed by atoms with Gasteiger partial charge in [0.15, 0.2) is 17.3 Å². The van der Waals surface area contributed by atoms with Crippen LogP contribution in [0.5, 0.6) is 23.0 Å². The van der Waals surface area contributed by atoms with Crippen LogP contribution in [-0.4, -0.2) is 58.3 Å². The summed E-state index contributed by atoms with van der Waals surface area (Å²) in [6.45, 7) is 6.41. The van der Waals surface area contributed by atoms with Gasteiger partial charge in [-0.15, -0.1) is 0 Å². The van der Waals surface area contributed by atoms with Crippen molar-refractivity contribution in [1.29, 1.82) is 0 Å². The molecule has 1 heterocycles. The molecule has 4 unspecified atom stereocenters. The SMILES string of the molecule is COc1cc(/C=C2\CC3C4CCc5cc(OCCN6CCCC6)ccc5C4CCC3(C)C2=O)cc(OC)c1OC. The van der Waals surface area contributed by atoms with Crippen molar-refractivity contribution < 1.29 is 23.7 Å². The van der Waals surface area contributed by atoms with Gasteiger partial charge in [0.05, 0.1) is 21.3 Å². The van der Waals surface area contributed by atoms with Gasteiger partial charge in [-0.1, -0.05) is 13.0 Å². The van der Waals surface area contributed by atoms with Crippen molar-refractivity contribution in [3.05, 3.63) is 52.6 Å². The minimum Gasteiger partial charge on any atom is -0.493 e. The molecule has 214 valence electrons. The van der Waals surface area contributed by atoms with Gasteiger partial charge in [-0.25, -0.2) is 0 Å². The second-order valence-electron chi connectivity index (χ2n) is 12.3. The first-order valence-electron chi connectivity index (χ1n) is 15.0. The minimum atomic E-state index is -0.288. The molecule has 0 bridgehead atoms. The first-order valence-corrected chi connectivity index (χ1v) is 15.0. The Kier molecular flexibility index (Phi) is 7.56. The lowest BCUT2D eigenvalue weighted by molar-refractivity contribution is -0.127. The zero-order valence-corrected chi connectivity index (χ0v) is 24.5. The van der Waals surface area contributed by atoms with E-state index in [0.29, 0.717) is 40.8 Å². The molecule has 0 spiro atoms. The Hall–Kier alpha value is -2.99. The maximum absolute atomic E-state index is 13.9. The second kappa shape index (κ2) is 11.1. The van der Waals surface area contributed by atoms with Crippen LogP contribution in [-0.2, 0) is 11.2 Å². The van der Waals surface area contributed by atoms with E-state index in [-0.39, 0.29) is 5.41 Å². The number of fused-ring (bicyclic) bond motifs is 5. The standard InChI is InChI=1S/C34H43NO5/c1-34-12-11-27-26-10-8-25(40-16-15-35-13-5-6-14-35)20-23(26)7-9-28(27)29(34)21-24(33(34)36)17-22-18-30(37-2)32(39-4)31(19-22)38-3/h8,10,17-20,27-29H,5-7,9,11-16,21H2,1-4H3/b24-17+. The van der Waals surface area contributed by atoms with E-state index in [1.54, 1.807) is 21.3 Å². The third kappa shape index (κ3) is 4.78. The van der Waals surface area contributed by atoms with Crippen molar-refractivity contribution in [2.75, 3.05) is 47.6 Å². The van der Waals surface area contributed by atoms with Crippen molar-refractivity contribution in [1.82, 2.24) is 4.90 Å². The maximum atomic E-state index is 13.9. The maximum Gasteiger partial charge on any atom is 0.203 e. The topological polar surface area (TPSA) is 57.2 Å². The van der Waals surface area contributed by atoms with E-state index in [0.717, 1.165) is 62.1 Å². The molecular formula is C34H43NO5. The van der Waals surface area contributed by atoms with E-state index in [2.05, 4.69) is 30.0 Å². The molecule has 3 aliphatic carbocycles. The highest BCUT2D eigenvalue weighted by Gasteiger charge is 2.56. The first-order chi connectivity index (χ1) is 19.4. The Morgan fingerprint density at radius 3 is 2.45 bits per heavy atom. The van der Waals surface area contributed by atoms with E-state index in [4.69, 9.17) is 18.9 Å². The molecule has 6 nitrogen and oxygen atoms in total. The molecule has 3 fully saturated rings. The summed E-state index contributed by atoms with van der Waals surface area (Å²) in [6, 6.07) is 10.6. The monoisotopic (exact) mass is 545 g/mol. The quantitative estimate of drug-likeness (QED) is 0.363. The van der Waals surface area contributed by atoms with Crippen LogP contribution in [0.4, 0.5) is 0 Å². The molecule has 2 aromatic rings. The minimum absolute atomic E-state index is 0.288. The van der Waals surface area contributed by atoms with Crippen LogP contribution >= 0.6 is 0 Å². The van der Waals surface area contributed by atoms with Crippen LogP contribution in [0.15, 0.2) is 35.9 Å². The van der Waals surface area contributed by atoms with E-state index >= 15 is 0 Å². The number of carbonyl (C=O) groups excluding carboxylic acids is 1. The van der Waals surface area contributed by atoms with Crippen LogP contribution in [0, 0.1) is 17.3 Å². The Morgan fingerprint density at radius 1 is 1.00 bits per heavy atom. The van der Waals surface area contributed by atoms with E-state index in [1.807, 2.05) is 18.2 Å². The number of ether oxygens (including phenoxy) is 4. The lowest BCUT2D eigenvalue weighted by Crippen LogP contribution is -2.42. The molecule has 0 amide bonds. The summed E-state index contributed by atoms with van der Waals surface area (Å²) in [6.07, 6.45) is 9.73. The zero-order valence-electron chi connectivity index (χ0n) is 24.5. The molecule has 40 heavy (non-hydrogen) atoms. The highest BCUT2D eigenvalue weighted by atomic mass is 16.5. The summed E-state index contributed by atoms with van der Waals surface area (Å²) in [5.41, 5.74) is 4.47. The molecular weight excluding hydrogens is 502 g/mol. The van der Waals surface area contributed by atoms with Crippen LogP contribution in [0.1, 0.15) is 68.1 Å². The number of hydrogen-bond acceptors (Lipinski definition) is 6. The first kappa shape index (κ1) is 27.2. The molecule has 4 aliphatic rings. The Labute approximate surface area is 238 Å². The third-order valence-corrected chi connectivity index (χ3v) is 10.2. The zero-order chi connectivity index (χ0) is 27.9. The van der Waals surface area contributed by atoms with Crippen molar-refractivity contribution in [2.45, 2.75) is 57.8 Å². The van der Waals surface area contributed by atoms with Crippen molar-refractivity contribution in [2.24, 2.45) is 17.3 Å². The highest BCUT2D eigenvalue weighted by molar-refractivity contribution is 6.06. The fourth-order valence-corrected chi connectivity index (χ4v) is 8.13. The number of rotatable bonds is 8. The van der Waals surface area contributed by atoms with Gasteiger partial charge in [-0.2, -0.15) is 0 Å². The van der Waals surface area contributed by atoms with Gasteiger partial charge in [-0.05, 0) is 128 Å². The van der Waals surface area contributed by atoms with Gasteiger partial charge in [0.1, 0.15) is 12.4 Å². The average Bonchev–Trinajstić information content (AvgIpc) is 3.58. The van der Waals surface area contributed by atoms with Gasteiger partial charge in [-0.3, -0.25) is 9.69 Å².